The lowest BCUT2D eigenvalue weighted by atomic mass is 10.1. The maximum atomic E-state index is 10.9. The average molecular weight is 328 g/mol. The van der Waals surface area contributed by atoms with Crippen LogP contribution in [0.1, 0.15) is 12.5 Å². The number of hydrogen-bond acceptors (Lipinski definition) is 4. The zero-order chi connectivity index (χ0) is 14.0. The van der Waals surface area contributed by atoms with Crippen LogP contribution in [0.3, 0.4) is 0 Å². The zero-order valence-corrected chi connectivity index (χ0v) is 12.8. The first-order chi connectivity index (χ1) is 9.02. The smallest absolute Gasteiger partial charge is 0.273 e. The minimum absolute atomic E-state index is 0.183. The fraction of sp³-hybridized carbons (Fsp3) is 0.538. The van der Waals surface area contributed by atoms with Crippen LogP contribution in [0.4, 0.5) is 11.4 Å². The molecule has 0 radical (unpaired) electrons. The molecule has 1 fully saturated rings. The van der Waals surface area contributed by atoms with E-state index >= 15 is 0 Å². The van der Waals surface area contributed by atoms with E-state index in [2.05, 4.69) is 39.7 Å². The van der Waals surface area contributed by atoms with E-state index in [1.165, 1.54) is 0 Å². The number of nitrogens with zero attached hydrogens (tertiary/aromatic N) is 3. The van der Waals surface area contributed by atoms with Gasteiger partial charge < -0.3 is 9.80 Å². The predicted octanol–water partition coefficient (Wildman–Crippen LogP) is 2.63. The molecule has 104 valence electrons. The molecule has 0 aliphatic carbocycles. The van der Waals surface area contributed by atoms with E-state index < -0.39 is 0 Å². The molecule has 19 heavy (non-hydrogen) atoms. The quantitative estimate of drug-likeness (QED) is 0.486. The van der Waals surface area contributed by atoms with Gasteiger partial charge in [-0.25, -0.2) is 0 Å². The number of benzene rings is 1. The Hall–Kier alpha value is -1.14. The Labute approximate surface area is 121 Å². The molecule has 0 bridgehead atoms. The van der Waals surface area contributed by atoms with Crippen LogP contribution in [0.5, 0.6) is 0 Å². The molecule has 0 saturated carbocycles. The molecule has 0 N–H and O–H groups in total. The Morgan fingerprint density at radius 3 is 2.79 bits per heavy atom. The molecule has 1 heterocycles. The molecule has 1 aromatic carbocycles. The van der Waals surface area contributed by atoms with Crippen LogP contribution in [0.15, 0.2) is 18.2 Å². The zero-order valence-electron chi connectivity index (χ0n) is 11.2. The van der Waals surface area contributed by atoms with Crippen LogP contribution in [-0.2, 0) is 5.33 Å². The summed E-state index contributed by atoms with van der Waals surface area (Å²) in [6.45, 7) is 5.17. The molecule has 0 aromatic heterocycles. The van der Waals surface area contributed by atoms with Gasteiger partial charge in [0.15, 0.2) is 0 Å². The summed E-state index contributed by atoms with van der Waals surface area (Å²) in [6.07, 6.45) is 0. The van der Waals surface area contributed by atoms with Gasteiger partial charge in [0.1, 0.15) is 0 Å². The summed E-state index contributed by atoms with van der Waals surface area (Å²) < 4.78 is 0. The molecular formula is C13H18BrN3O2. The first-order valence-electron chi connectivity index (χ1n) is 6.31. The number of rotatable bonds is 3. The summed E-state index contributed by atoms with van der Waals surface area (Å²) in [6, 6.07) is 5.81. The number of alkyl halides is 1. The summed E-state index contributed by atoms with van der Waals surface area (Å²) in [5, 5.41) is 11.4. The van der Waals surface area contributed by atoms with Gasteiger partial charge >= 0.3 is 0 Å². The highest BCUT2D eigenvalue weighted by Gasteiger charge is 2.23. The molecule has 0 spiro atoms. The van der Waals surface area contributed by atoms with Crippen molar-refractivity contribution >= 4 is 27.3 Å². The van der Waals surface area contributed by atoms with Gasteiger partial charge in [-0.2, -0.15) is 0 Å². The Balaban J connectivity index is 2.28. The Kier molecular flexibility index (Phi) is 4.42. The number of anilines is 1. The topological polar surface area (TPSA) is 49.6 Å². The van der Waals surface area contributed by atoms with Crippen LogP contribution < -0.4 is 4.90 Å². The van der Waals surface area contributed by atoms with E-state index in [9.17, 15) is 10.1 Å². The van der Waals surface area contributed by atoms with Crippen molar-refractivity contribution in [3.63, 3.8) is 0 Å². The third-order valence-electron chi connectivity index (χ3n) is 3.57. The molecule has 0 amide bonds. The molecule has 1 saturated heterocycles. The van der Waals surface area contributed by atoms with E-state index in [0.717, 1.165) is 30.9 Å². The van der Waals surface area contributed by atoms with Crippen LogP contribution in [0.25, 0.3) is 0 Å². The average Bonchev–Trinajstić information content (AvgIpc) is 2.37. The second kappa shape index (κ2) is 5.88. The van der Waals surface area contributed by atoms with Crippen molar-refractivity contribution in [1.29, 1.82) is 0 Å². The number of nitro benzene ring substituents is 1. The Morgan fingerprint density at radius 2 is 2.21 bits per heavy atom. The lowest BCUT2D eigenvalue weighted by Crippen LogP contribution is -2.50. The highest BCUT2D eigenvalue weighted by molar-refractivity contribution is 9.08. The van der Waals surface area contributed by atoms with Crippen molar-refractivity contribution in [2.24, 2.45) is 0 Å². The molecule has 1 aliphatic rings. The minimum atomic E-state index is -0.326. The van der Waals surface area contributed by atoms with Crippen LogP contribution in [-0.4, -0.2) is 42.5 Å². The number of likely N-dealkylation sites (N-methyl/N-ethyl adjacent to an activating group) is 1. The third kappa shape index (κ3) is 3.06. The normalized spacial score (nSPS) is 20.6. The van der Waals surface area contributed by atoms with Crippen LogP contribution in [0.2, 0.25) is 0 Å². The van der Waals surface area contributed by atoms with Gasteiger partial charge in [0.2, 0.25) is 0 Å². The van der Waals surface area contributed by atoms with Gasteiger partial charge in [-0.1, -0.05) is 15.9 Å². The predicted molar refractivity (Wildman–Crippen MR) is 80.0 cm³/mol. The lowest BCUT2D eigenvalue weighted by Gasteiger charge is -2.39. The number of hydrogen-bond donors (Lipinski definition) is 0. The van der Waals surface area contributed by atoms with Gasteiger partial charge in [-0.3, -0.25) is 10.1 Å². The fourth-order valence-corrected chi connectivity index (χ4v) is 3.01. The minimum Gasteiger partial charge on any atom is -0.366 e. The van der Waals surface area contributed by atoms with Gasteiger partial charge in [0.05, 0.1) is 4.92 Å². The SMILES string of the molecule is CC1CN(C)CCN1c1ccc([N+](=O)[O-])c(CBr)c1. The summed E-state index contributed by atoms with van der Waals surface area (Å²) in [5.74, 6) is 0. The van der Waals surface area contributed by atoms with Crippen molar-refractivity contribution in [2.45, 2.75) is 18.3 Å². The van der Waals surface area contributed by atoms with Gasteiger partial charge in [0, 0.05) is 48.3 Å². The van der Waals surface area contributed by atoms with Gasteiger partial charge in [0.25, 0.3) is 5.69 Å². The van der Waals surface area contributed by atoms with Crippen molar-refractivity contribution < 1.29 is 4.92 Å². The maximum absolute atomic E-state index is 10.9. The van der Waals surface area contributed by atoms with Gasteiger partial charge in [-0.15, -0.1) is 0 Å². The van der Waals surface area contributed by atoms with E-state index in [1.54, 1.807) is 6.07 Å². The summed E-state index contributed by atoms with van der Waals surface area (Å²) in [7, 11) is 2.12. The fourth-order valence-electron chi connectivity index (χ4n) is 2.56. The highest BCUT2D eigenvalue weighted by Crippen LogP contribution is 2.28. The summed E-state index contributed by atoms with van der Waals surface area (Å²) in [5.41, 5.74) is 1.98. The molecule has 1 unspecified atom stereocenters. The molecule has 1 atom stereocenters. The van der Waals surface area contributed by atoms with E-state index in [0.29, 0.717) is 11.4 Å². The first kappa shape index (κ1) is 14.3. The molecule has 1 aromatic rings. The van der Waals surface area contributed by atoms with Crippen LogP contribution in [0, 0.1) is 10.1 Å². The largest absolute Gasteiger partial charge is 0.366 e. The van der Waals surface area contributed by atoms with E-state index in [-0.39, 0.29) is 10.6 Å². The summed E-state index contributed by atoms with van der Waals surface area (Å²) >= 11 is 3.33. The molecule has 5 nitrogen and oxygen atoms in total. The van der Waals surface area contributed by atoms with Crippen molar-refractivity contribution in [1.82, 2.24) is 4.90 Å². The summed E-state index contributed by atoms with van der Waals surface area (Å²) in [4.78, 5) is 15.2. The Morgan fingerprint density at radius 1 is 1.47 bits per heavy atom. The molecular weight excluding hydrogens is 310 g/mol. The van der Waals surface area contributed by atoms with E-state index in [1.807, 2.05) is 12.1 Å². The number of piperazine rings is 1. The molecule has 1 aliphatic heterocycles. The van der Waals surface area contributed by atoms with Crippen molar-refractivity contribution in [3.05, 3.63) is 33.9 Å². The highest BCUT2D eigenvalue weighted by atomic mass is 79.9. The second-order valence-electron chi connectivity index (χ2n) is 5.01. The van der Waals surface area contributed by atoms with Crippen molar-refractivity contribution in [3.8, 4) is 0 Å². The monoisotopic (exact) mass is 327 g/mol. The Bertz CT molecular complexity index is 481. The molecule has 2 rings (SSSR count). The molecule has 6 heteroatoms. The number of nitro groups is 1. The van der Waals surface area contributed by atoms with Crippen LogP contribution >= 0.6 is 15.9 Å². The standard InChI is InChI=1S/C13H18BrN3O2/c1-10-9-15(2)5-6-16(10)12-3-4-13(17(18)19)11(7-12)8-14/h3-4,7,10H,5-6,8-9H2,1-2H3. The third-order valence-corrected chi connectivity index (χ3v) is 4.17. The number of halogens is 1. The second-order valence-corrected chi connectivity index (χ2v) is 5.57. The lowest BCUT2D eigenvalue weighted by molar-refractivity contribution is -0.385. The first-order valence-corrected chi connectivity index (χ1v) is 7.43. The van der Waals surface area contributed by atoms with Gasteiger partial charge in [-0.05, 0) is 26.1 Å². The van der Waals surface area contributed by atoms with E-state index in [4.69, 9.17) is 0 Å². The maximum Gasteiger partial charge on any atom is 0.273 e. The van der Waals surface area contributed by atoms with Crippen molar-refractivity contribution in [2.75, 3.05) is 31.6 Å².